The number of phenolic OH excluding ortho intramolecular Hbond substituents is 1. The second kappa shape index (κ2) is 9.22. The van der Waals surface area contributed by atoms with Crippen LogP contribution in [0.15, 0.2) is 42.5 Å². The number of ether oxygens (including phenoxy) is 1. The number of hydrogen-bond acceptors (Lipinski definition) is 5. The first kappa shape index (κ1) is 19.7. The van der Waals surface area contributed by atoms with Crippen molar-refractivity contribution in [1.82, 2.24) is 9.80 Å². The van der Waals surface area contributed by atoms with Gasteiger partial charge in [0.15, 0.2) is 0 Å². The lowest BCUT2D eigenvalue weighted by molar-refractivity contribution is 0.0499. The fourth-order valence-corrected chi connectivity index (χ4v) is 3.86. The van der Waals surface area contributed by atoms with Gasteiger partial charge in [0.1, 0.15) is 11.5 Å². The molecule has 2 aromatic rings. The summed E-state index contributed by atoms with van der Waals surface area (Å²) in [5.74, 6) is 1.22. The zero-order chi connectivity index (χ0) is 19.2. The van der Waals surface area contributed by atoms with E-state index < -0.39 is 0 Å². The van der Waals surface area contributed by atoms with Gasteiger partial charge in [0.05, 0.1) is 7.11 Å². The second-order valence-electron chi connectivity index (χ2n) is 7.34. The molecule has 2 N–H and O–H groups in total. The fraction of sp³-hybridized carbons (Fsp3) is 0.455. The first-order chi connectivity index (χ1) is 13.1. The van der Waals surface area contributed by atoms with Crippen molar-refractivity contribution in [2.24, 2.45) is 0 Å². The number of phenols is 1. The van der Waals surface area contributed by atoms with Crippen molar-refractivity contribution >= 4 is 0 Å². The Bertz CT molecular complexity index is 733. The van der Waals surface area contributed by atoms with Crippen LogP contribution in [-0.4, -0.2) is 59.4 Å². The lowest BCUT2D eigenvalue weighted by Gasteiger charge is -2.41. The zero-order valence-electron chi connectivity index (χ0n) is 16.3. The van der Waals surface area contributed by atoms with Crippen LogP contribution in [0.5, 0.6) is 11.5 Å². The predicted molar refractivity (Wildman–Crippen MR) is 107 cm³/mol. The van der Waals surface area contributed by atoms with Gasteiger partial charge < -0.3 is 14.9 Å². The van der Waals surface area contributed by atoms with Gasteiger partial charge in [-0.2, -0.15) is 0 Å². The molecule has 1 unspecified atom stereocenters. The number of aryl methyl sites for hydroxylation is 1. The summed E-state index contributed by atoms with van der Waals surface area (Å²) in [4.78, 5) is 4.91. The van der Waals surface area contributed by atoms with E-state index in [1.807, 2.05) is 18.2 Å². The monoisotopic (exact) mass is 370 g/mol. The van der Waals surface area contributed by atoms with Crippen LogP contribution in [-0.2, 0) is 13.1 Å². The molecule has 1 fully saturated rings. The molecule has 0 radical (unpaired) electrons. The minimum Gasteiger partial charge on any atom is -0.508 e. The lowest BCUT2D eigenvalue weighted by Crippen LogP contribution is -2.52. The van der Waals surface area contributed by atoms with Gasteiger partial charge in [0, 0.05) is 45.4 Å². The van der Waals surface area contributed by atoms with Crippen molar-refractivity contribution in [3.63, 3.8) is 0 Å². The average molecular weight is 370 g/mol. The maximum Gasteiger partial charge on any atom is 0.121 e. The minimum absolute atomic E-state index is 0.204. The quantitative estimate of drug-likeness (QED) is 0.785. The second-order valence-corrected chi connectivity index (χ2v) is 7.34. The average Bonchev–Trinajstić information content (AvgIpc) is 2.66. The number of hydrogen-bond donors (Lipinski definition) is 2. The smallest absolute Gasteiger partial charge is 0.121 e. The summed E-state index contributed by atoms with van der Waals surface area (Å²) >= 11 is 0. The molecule has 1 aliphatic heterocycles. The topological polar surface area (TPSA) is 56.2 Å². The number of benzene rings is 2. The number of methoxy groups -OCH3 is 1. The Balaban J connectivity index is 1.63. The van der Waals surface area contributed by atoms with E-state index in [1.54, 1.807) is 19.2 Å². The molecule has 2 aromatic carbocycles. The molecule has 1 aliphatic rings. The van der Waals surface area contributed by atoms with Crippen molar-refractivity contribution in [1.29, 1.82) is 0 Å². The highest BCUT2D eigenvalue weighted by Gasteiger charge is 2.26. The lowest BCUT2D eigenvalue weighted by atomic mass is 10.0. The Kier molecular flexibility index (Phi) is 6.72. The van der Waals surface area contributed by atoms with Gasteiger partial charge in [-0.1, -0.05) is 24.3 Å². The van der Waals surface area contributed by atoms with Gasteiger partial charge in [0.25, 0.3) is 0 Å². The Morgan fingerprint density at radius 1 is 1.04 bits per heavy atom. The highest BCUT2D eigenvalue weighted by molar-refractivity contribution is 5.36. The number of aliphatic hydroxyl groups excluding tert-OH is 1. The summed E-state index contributed by atoms with van der Waals surface area (Å²) in [5.41, 5.74) is 3.64. The number of aromatic hydroxyl groups is 1. The van der Waals surface area contributed by atoms with Gasteiger partial charge in [0.2, 0.25) is 0 Å². The van der Waals surface area contributed by atoms with Gasteiger partial charge in [-0.3, -0.25) is 9.80 Å². The number of piperazine rings is 1. The van der Waals surface area contributed by atoms with Crippen molar-refractivity contribution in [3.05, 3.63) is 59.2 Å². The van der Waals surface area contributed by atoms with Crippen LogP contribution in [0.1, 0.15) is 23.1 Å². The molecule has 27 heavy (non-hydrogen) atoms. The third-order valence-electron chi connectivity index (χ3n) is 5.34. The maximum absolute atomic E-state index is 9.53. The molecule has 0 aromatic heterocycles. The summed E-state index contributed by atoms with van der Waals surface area (Å²) < 4.78 is 5.36. The zero-order valence-corrected chi connectivity index (χ0v) is 16.3. The first-order valence-corrected chi connectivity index (χ1v) is 9.57. The van der Waals surface area contributed by atoms with Gasteiger partial charge in [-0.25, -0.2) is 0 Å². The van der Waals surface area contributed by atoms with E-state index in [0.29, 0.717) is 11.8 Å². The Labute approximate surface area is 161 Å². The maximum atomic E-state index is 9.53. The van der Waals surface area contributed by atoms with Gasteiger partial charge >= 0.3 is 0 Å². The summed E-state index contributed by atoms with van der Waals surface area (Å²) in [7, 11) is 1.70. The molecule has 0 amide bonds. The van der Waals surface area contributed by atoms with Gasteiger partial charge in [-0.05, 0) is 48.2 Å². The third-order valence-corrected chi connectivity index (χ3v) is 5.34. The molecule has 0 spiro atoms. The summed E-state index contributed by atoms with van der Waals surface area (Å²) in [6.07, 6.45) is 0.779. The van der Waals surface area contributed by atoms with E-state index in [9.17, 15) is 10.2 Å². The largest absolute Gasteiger partial charge is 0.508 e. The first-order valence-electron chi connectivity index (χ1n) is 9.57. The standard InChI is InChI=1S/C22H30N2O3/c1-17-13-19(5-8-22(17)27-2)15-24-11-10-23(16-20(24)9-12-25)14-18-3-6-21(26)7-4-18/h3-8,13,20,25-26H,9-12,14-16H2,1-2H3. The predicted octanol–water partition coefficient (Wildman–Crippen LogP) is 2.78. The Morgan fingerprint density at radius 2 is 1.78 bits per heavy atom. The molecule has 1 saturated heterocycles. The third kappa shape index (κ3) is 5.22. The molecule has 5 nitrogen and oxygen atoms in total. The Hall–Kier alpha value is -2.08. The van der Waals surface area contributed by atoms with E-state index in [4.69, 9.17) is 4.74 Å². The SMILES string of the molecule is COc1ccc(CN2CCN(Cc3ccc(O)cc3)CC2CCO)cc1C. The summed E-state index contributed by atoms with van der Waals surface area (Å²) in [5, 5.41) is 19.0. The van der Waals surface area contributed by atoms with Crippen molar-refractivity contribution in [2.45, 2.75) is 32.5 Å². The number of aliphatic hydroxyl groups is 1. The van der Waals surface area contributed by atoms with Crippen LogP contribution >= 0.6 is 0 Å². The highest BCUT2D eigenvalue weighted by atomic mass is 16.5. The van der Waals surface area contributed by atoms with E-state index in [-0.39, 0.29) is 6.61 Å². The van der Waals surface area contributed by atoms with Crippen LogP contribution in [0, 0.1) is 6.92 Å². The number of nitrogens with zero attached hydrogens (tertiary/aromatic N) is 2. The normalized spacial score (nSPS) is 18.6. The molecule has 146 valence electrons. The molecule has 5 heteroatoms. The van der Waals surface area contributed by atoms with Crippen LogP contribution in [0.2, 0.25) is 0 Å². The van der Waals surface area contributed by atoms with Crippen LogP contribution in [0.4, 0.5) is 0 Å². The molecular weight excluding hydrogens is 340 g/mol. The van der Waals surface area contributed by atoms with Crippen molar-refractivity contribution in [2.75, 3.05) is 33.4 Å². The van der Waals surface area contributed by atoms with Gasteiger partial charge in [-0.15, -0.1) is 0 Å². The molecule has 1 heterocycles. The minimum atomic E-state index is 0.204. The van der Waals surface area contributed by atoms with E-state index in [1.165, 1.54) is 11.1 Å². The van der Waals surface area contributed by atoms with E-state index in [2.05, 4.69) is 28.9 Å². The Morgan fingerprint density at radius 3 is 2.44 bits per heavy atom. The molecule has 0 aliphatic carbocycles. The van der Waals surface area contributed by atoms with Crippen LogP contribution in [0.25, 0.3) is 0 Å². The molecule has 0 saturated carbocycles. The van der Waals surface area contributed by atoms with Crippen molar-refractivity contribution in [3.8, 4) is 11.5 Å². The van der Waals surface area contributed by atoms with E-state index >= 15 is 0 Å². The molecule has 3 rings (SSSR count). The van der Waals surface area contributed by atoms with Crippen LogP contribution < -0.4 is 4.74 Å². The van der Waals surface area contributed by atoms with Crippen LogP contribution in [0.3, 0.4) is 0 Å². The molecular formula is C22H30N2O3. The summed E-state index contributed by atoms with van der Waals surface area (Å²) in [6, 6.07) is 14.1. The van der Waals surface area contributed by atoms with Crippen molar-refractivity contribution < 1.29 is 14.9 Å². The van der Waals surface area contributed by atoms with E-state index in [0.717, 1.165) is 50.5 Å². The number of rotatable bonds is 7. The molecule has 1 atom stereocenters. The highest BCUT2D eigenvalue weighted by Crippen LogP contribution is 2.23. The fourth-order valence-electron chi connectivity index (χ4n) is 3.86. The summed E-state index contributed by atoms with van der Waals surface area (Å²) in [6.45, 7) is 6.96. The molecule has 0 bridgehead atoms.